The molecule has 0 aromatic rings. The van der Waals surface area contributed by atoms with Gasteiger partial charge in [-0.05, 0) is 26.2 Å². The summed E-state index contributed by atoms with van der Waals surface area (Å²) in [4.78, 5) is 13.1. The first-order valence-corrected chi connectivity index (χ1v) is 5.69. The number of carbonyl (C=O) groups is 1. The van der Waals surface area contributed by atoms with Gasteiger partial charge in [0.05, 0.1) is 18.8 Å². The van der Waals surface area contributed by atoms with Gasteiger partial charge in [-0.15, -0.1) is 0 Å². The van der Waals surface area contributed by atoms with Crippen molar-refractivity contribution in [3.63, 3.8) is 0 Å². The Morgan fingerprint density at radius 1 is 1.60 bits per heavy atom. The normalized spacial score (nSPS) is 26.5. The molecule has 0 bridgehead atoms. The molecule has 1 atom stereocenters. The first kappa shape index (κ1) is 12.3. The zero-order valence-corrected chi connectivity index (χ0v) is 9.66. The average molecular weight is 215 g/mol. The Hall–Kier alpha value is -0.770. The number of nitrogens with zero attached hydrogens (tertiary/aromatic N) is 1. The van der Waals surface area contributed by atoms with Gasteiger partial charge in [0.2, 0.25) is 0 Å². The molecule has 88 valence electrons. The van der Waals surface area contributed by atoms with Crippen LogP contribution in [0.1, 0.15) is 39.5 Å². The zero-order valence-electron chi connectivity index (χ0n) is 9.66. The molecule has 0 radical (unpaired) electrons. The van der Waals surface area contributed by atoms with E-state index in [1.807, 2.05) is 0 Å². The Labute approximate surface area is 91.2 Å². The fraction of sp³-hybridized carbons (Fsp3) is 0.909. The van der Waals surface area contributed by atoms with Crippen LogP contribution < -0.4 is 0 Å². The van der Waals surface area contributed by atoms with E-state index in [4.69, 9.17) is 4.74 Å². The van der Waals surface area contributed by atoms with Gasteiger partial charge in [-0.3, -0.25) is 0 Å². The van der Waals surface area contributed by atoms with Crippen molar-refractivity contribution in [2.45, 2.75) is 45.1 Å². The zero-order chi connectivity index (χ0) is 11.3. The van der Waals surface area contributed by atoms with Crippen molar-refractivity contribution in [1.29, 1.82) is 0 Å². The SMILES string of the molecule is CCCCOC(=O)N1CCCC(C)(O)C1. The summed E-state index contributed by atoms with van der Waals surface area (Å²) in [7, 11) is 0. The third-order valence-corrected chi connectivity index (χ3v) is 2.66. The number of carbonyl (C=O) groups excluding carboxylic acids is 1. The van der Waals surface area contributed by atoms with E-state index in [0.717, 1.165) is 25.7 Å². The van der Waals surface area contributed by atoms with Crippen LogP contribution in [-0.2, 0) is 4.74 Å². The summed E-state index contributed by atoms with van der Waals surface area (Å²) < 4.78 is 5.09. The van der Waals surface area contributed by atoms with Crippen molar-refractivity contribution in [1.82, 2.24) is 4.90 Å². The molecule has 1 heterocycles. The summed E-state index contributed by atoms with van der Waals surface area (Å²) >= 11 is 0. The fourth-order valence-electron chi connectivity index (χ4n) is 1.77. The molecule has 1 unspecified atom stereocenters. The van der Waals surface area contributed by atoms with E-state index in [2.05, 4.69) is 6.92 Å². The predicted octanol–water partition coefficient (Wildman–Crippen LogP) is 1.77. The van der Waals surface area contributed by atoms with Gasteiger partial charge < -0.3 is 14.7 Å². The quantitative estimate of drug-likeness (QED) is 0.730. The van der Waals surface area contributed by atoms with Crippen LogP contribution in [0, 0.1) is 0 Å². The lowest BCUT2D eigenvalue weighted by atomic mass is 9.96. The third kappa shape index (κ3) is 4.08. The molecule has 0 saturated carbocycles. The summed E-state index contributed by atoms with van der Waals surface area (Å²) in [5, 5.41) is 9.82. The number of amides is 1. The van der Waals surface area contributed by atoms with Crippen molar-refractivity contribution in [2.75, 3.05) is 19.7 Å². The maximum atomic E-state index is 11.6. The van der Waals surface area contributed by atoms with E-state index < -0.39 is 5.60 Å². The molecule has 15 heavy (non-hydrogen) atoms. The number of aliphatic hydroxyl groups is 1. The smallest absolute Gasteiger partial charge is 0.409 e. The Balaban J connectivity index is 2.32. The molecule has 1 fully saturated rings. The Morgan fingerprint density at radius 3 is 2.93 bits per heavy atom. The highest BCUT2D eigenvalue weighted by atomic mass is 16.6. The topological polar surface area (TPSA) is 49.8 Å². The van der Waals surface area contributed by atoms with Crippen molar-refractivity contribution in [3.05, 3.63) is 0 Å². The molecule has 0 aliphatic carbocycles. The molecule has 1 aliphatic heterocycles. The number of piperidine rings is 1. The minimum absolute atomic E-state index is 0.288. The van der Waals surface area contributed by atoms with Crippen molar-refractivity contribution < 1.29 is 14.6 Å². The van der Waals surface area contributed by atoms with E-state index in [1.165, 1.54) is 0 Å². The van der Waals surface area contributed by atoms with E-state index in [1.54, 1.807) is 11.8 Å². The van der Waals surface area contributed by atoms with Crippen LogP contribution in [0.5, 0.6) is 0 Å². The minimum atomic E-state index is -0.748. The first-order valence-electron chi connectivity index (χ1n) is 5.69. The third-order valence-electron chi connectivity index (χ3n) is 2.66. The van der Waals surface area contributed by atoms with Crippen LogP contribution in [-0.4, -0.2) is 41.4 Å². The van der Waals surface area contributed by atoms with E-state index >= 15 is 0 Å². The highest BCUT2D eigenvalue weighted by Gasteiger charge is 2.31. The van der Waals surface area contributed by atoms with Crippen LogP contribution in [0.3, 0.4) is 0 Å². The molecule has 4 heteroatoms. The number of hydrogen-bond acceptors (Lipinski definition) is 3. The van der Waals surface area contributed by atoms with Crippen LogP contribution >= 0.6 is 0 Å². The largest absolute Gasteiger partial charge is 0.449 e. The van der Waals surface area contributed by atoms with Crippen molar-refractivity contribution in [3.8, 4) is 0 Å². The average Bonchev–Trinajstić information content (AvgIpc) is 2.16. The van der Waals surface area contributed by atoms with Crippen molar-refractivity contribution in [2.24, 2.45) is 0 Å². The lowest BCUT2D eigenvalue weighted by molar-refractivity contribution is -0.0160. The van der Waals surface area contributed by atoms with E-state index in [0.29, 0.717) is 19.7 Å². The van der Waals surface area contributed by atoms with Gasteiger partial charge in [0.1, 0.15) is 0 Å². The summed E-state index contributed by atoms with van der Waals surface area (Å²) in [6.07, 6.45) is 3.23. The molecular weight excluding hydrogens is 194 g/mol. The molecule has 0 aromatic heterocycles. The number of rotatable bonds is 3. The molecular formula is C11H21NO3. The fourth-order valence-corrected chi connectivity index (χ4v) is 1.77. The second-order valence-electron chi connectivity index (χ2n) is 4.49. The lowest BCUT2D eigenvalue weighted by Crippen LogP contribution is -2.48. The summed E-state index contributed by atoms with van der Waals surface area (Å²) in [5.74, 6) is 0. The molecule has 4 nitrogen and oxygen atoms in total. The lowest BCUT2D eigenvalue weighted by Gasteiger charge is -2.36. The second kappa shape index (κ2) is 5.35. The number of hydrogen-bond donors (Lipinski definition) is 1. The monoisotopic (exact) mass is 215 g/mol. The highest BCUT2D eigenvalue weighted by molar-refractivity contribution is 5.67. The van der Waals surface area contributed by atoms with Gasteiger partial charge in [0.15, 0.2) is 0 Å². The van der Waals surface area contributed by atoms with E-state index in [-0.39, 0.29) is 6.09 Å². The summed E-state index contributed by atoms with van der Waals surface area (Å²) in [5.41, 5.74) is -0.748. The molecule has 1 amide bonds. The standard InChI is InChI=1S/C11H21NO3/c1-3-4-8-15-10(13)12-7-5-6-11(2,14)9-12/h14H,3-9H2,1-2H3. The highest BCUT2D eigenvalue weighted by Crippen LogP contribution is 2.20. The molecule has 0 aromatic carbocycles. The maximum Gasteiger partial charge on any atom is 0.409 e. The van der Waals surface area contributed by atoms with Gasteiger partial charge >= 0.3 is 6.09 Å². The molecule has 1 rings (SSSR count). The Morgan fingerprint density at radius 2 is 2.33 bits per heavy atom. The van der Waals surface area contributed by atoms with E-state index in [9.17, 15) is 9.90 Å². The van der Waals surface area contributed by atoms with Gasteiger partial charge in [0, 0.05) is 6.54 Å². The van der Waals surface area contributed by atoms with Gasteiger partial charge in [0.25, 0.3) is 0 Å². The number of unbranched alkanes of at least 4 members (excludes halogenated alkanes) is 1. The summed E-state index contributed by atoms with van der Waals surface area (Å²) in [6.45, 7) is 5.38. The van der Waals surface area contributed by atoms with Crippen LogP contribution in [0.25, 0.3) is 0 Å². The van der Waals surface area contributed by atoms with Crippen molar-refractivity contribution >= 4 is 6.09 Å². The Kier molecular flexibility index (Phi) is 4.39. The second-order valence-corrected chi connectivity index (χ2v) is 4.49. The van der Waals surface area contributed by atoms with Crippen LogP contribution in [0.4, 0.5) is 4.79 Å². The maximum absolute atomic E-state index is 11.6. The first-order chi connectivity index (χ1) is 7.05. The minimum Gasteiger partial charge on any atom is -0.449 e. The number of β-amino-alcohol motifs (C(OH)–C–C–N with tert-alkyl or cyclic N) is 1. The Bertz CT molecular complexity index is 216. The van der Waals surface area contributed by atoms with Gasteiger partial charge in [-0.25, -0.2) is 4.79 Å². The molecule has 1 aliphatic rings. The van der Waals surface area contributed by atoms with Crippen LogP contribution in [0.15, 0.2) is 0 Å². The predicted molar refractivity (Wildman–Crippen MR) is 57.7 cm³/mol. The van der Waals surface area contributed by atoms with Gasteiger partial charge in [-0.1, -0.05) is 13.3 Å². The number of likely N-dealkylation sites (tertiary alicyclic amines) is 1. The van der Waals surface area contributed by atoms with Gasteiger partial charge in [-0.2, -0.15) is 0 Å². The molecule has 0 spiro atoms. The number of ether oxygens (including phenoxy) is 1. The summed E-state index contributed by atoms with van der Waals surface area (Å²) in [6, 6.07) is 0. The molecule has 1 N–H and O–H groups in total. The molecule has 1 saturated heterocycles. The van der Waals surface area contributed by atoms with Crippen LogP contribution in [0.2, 0.25) is 0 Å².